The fraction of sp³-hybridized carbons (Fsp3) is 0.0909. The SMILES string of the molecule is C[n+]1cccc(-c2cccnc2)c1.F[P-](F)(F)(F)(F)F. The Bertz CT molecular complexity index is 571. The predicted octanol–water partition coefficient (Wildman–Crippen LogP) is 4.96. The zero-order chi connectivity index (χ0) is 15.5. The zero-order valence-corrected chi connectivity index (χ0v) is 11.1. The third kappa shape index (κ3) is 9.27. The van der Waals surface area contributed by atoms with Crippen LogP contribution in [0.2, 0.25) is 0 Å². The van der Waals surface area contributed by atoms with Gasteiger partial charge < -0.3 is 0 Å². The van der Waals surface area contributed by atoms with E-state index in [1.165, 1.54) is 5.56 Å². The van der Waals surface area contributed by atoms with Crippen molar-refractivity contribution >= 4 is 7.81 Å². The van der Waals surface area contributed by atoms with Crippen molar-refractivity contribution in [2.24, 2.45) is 7.05 Å². The number of pyridine rings is 2. The van der Waals surface area contributed by atoms with Crippen LogP contribution in [0.25, 0.3) is 11.1 Å². The first-order valence-electron chi connectivity index (χ1n) is 5.23. The van der Waals surface area contributed by atoms with Crippen molar-refractivity contribution in [3.63, 3.8) is 0 Å². The van der Waals surface area contributed by atoms with Crippen molar-refractivity contribution in [1.29, 1.82) is 0 Å². The molecule has 0 aliphatic rings. The van der Waals surface area contributed by atoms with E-state index in [-0.39, 0.29) is 0 Å². The maximum absolute atomic E-state index is 10.7. The predicted molar refractivity (Wildman–Crippen MR) is 64.4 cm³/mol. The Balaban J connectivity index is 0.000000246. The third-order valence-electron chi connectivity index (χ3n) is 1.93. The number of halogens is 6. The van der Waals surface area contributed by atoms with Crippen LogP contribution in [0.5, 0.6) is 0 Å². The molecule has 0 saturated carbocycles. The van der Waals surface area contributed by atoms with Crippen LogP contribution in [-0.4, -0.2) is 4.98 Å². The molecule has 20 heavy (non-hydrogen) atoms. The topological polar surface area (TPSA) is 16.8 Å². The third-order valence-corrected chi connectivity index (χ3v) is 1.93. The molecule has 0 aliphatic carbocycles. The summed E-state index contributed by atoms with van der Waals surface area (Å²) in [5.41, 5.74) is 2.34. The van der Waals surface area contributed by atoms with Crippen LogP contribution in [0, 0.1) is 0 Å². The molecule has 0 fully saturated rings. The molecule has 0 amide bonds. The van der Waals surface area contributed by atoms with Crippen molar-refractivity contribution in [2.45, 2.75) is 0 Å². The molecule has 0 radical (unpaired) electrons. The van der Waals surface area contributed by atoms with E-state index in [0.29, 0.717) is 0 Å². The summed E-state index contributed by atoms with van der Waals surface area (Å²) in [5.74, 6) is 0. The van der Waals surface area contributed by atoms with Gasteiger partial charge in [0.1, 0.15) is 7.05 Å². The van der Waals surface area contributed by atoms with E-state index in [1.54, 1.807) is 6.20 Å². The summed E-state index contributed by atoms with van der Waals surface area (Å²) in [6.07, 6.45) is 7.75. The average Bonchev–Trinajstić information content (AvgIpc) is 2.26. The standard InChI is InChI=1S/C11H11N2.F6P/c1-13-7-3-5-11(9-13)10-4-2-6-12-8-10;1-7(2,3,4,5)6/h2-9H,1H3;/q+1;-1. The van der Waals surface area contributed by atoms with Gasteiger partial charge in [-0.1, -0.05) is 6.07 Å². The first-order chi connectivity index (χ1) is 8.81. The molecule has 0 aromatic carbocycles. The minimum absolute atomic E-state index is 1.15. The molecule has 0 saturated heterocycles. The van der Waals surface area contributed by atoms with Gasteiger partial charge in [-0.2, -0.15) is 0 Å². The molecule has 112 valence electrons. The van der Waals surface area contributed by atoms with Crippen LogP contribution in [0.15, 0.2) is 49.1 Å². The second-order valence-electron chi connectivity index (χ2n) is 3.96. The molecule has 0 aliphatic heterocycles. The second kappa shape index (κ2) is 4.70. The van der Waals surface area contributed by atoms with E-state index in [2.05, 4.69) is 23.3 Å². The Labute approximate surface area is 110 Å². The molecule has 2 aromatic heterocycles. The van der Waals surface area contributed by atoms with Crippen molar-refractivity contribution < 1.29 is 29.7 Å². The molecule has 9 heteroatoms. The number of hydrogen-bond acceptors (Lipinski definition) is 1. The number of hydrogen-bond donors (Lipinski definition) is 0. The Morgan fingerprint density at radius 3 is 1.95 bits per heavy atom. The molecule has 0 N–H and O–H groups in total. The van der Waals surface area contributed by atoms with E-state index in [4.69, 9.17) is 0 Å². The van der Waals surface area contributed by atoms with E-state index >= 15 is 0 Å². The molecular formula is C11H11F6N2P. The summed E-state index contributed by atoms with van der Waals surface area (Å²) in [6.45, 7) is 0. The number of nitrogens with zero attached hydrogens (tertiary/aromatic N) is 2. The average molecular weight is 316 g/mol. The molecular weight excluding hydrogens is 305 g/mol. The first-order valence-corrected chi connectivity index (χ1v) is 7.26. The Kier molecular flexibility index (Phi) is 3.84. The molecule has 0 spiro atoms. The van der Waals surface area contributed by atoms with Crippen LogP contribution in [-0.2, 0) is 7.05 Å². The van der Waals surface area contributed by atoms with E-state index in [1.807, 2.05) is 36.1 Å². The van der Waals surface area contributed by atoms with Crippen LogP contribution in [0.1, 0.15) is 0 Å². The molecule has 2 aromatic rings. The molecule has 0 atom stereocenters. The van der Waals surface area contributed by atoms with E-state index in [9.17, 15) is 25.2 Å². The van der Waals surface area contributed by atoms with Crippen LogP contribution < -0.4 is 4.57 Å². The fourth-order valence-electron chi connectivity index (χ4n) is 1.29. The molecule has 0 unspecified atom stereocenters. The number of aryl methyl sites for hydroxylation is 1. The molecule has 2 rings (SSSR count). The van der Waals surface area contributed by atoms with Gasteiger partial charge in [-0.15, -0.1) is 0 Å². The maximum atomic E-state index is 9.87. The van der Waals surface area contributed by atoms with E-state index in [0.717, 1.165) is 5.56 Å². The summed E-state index contributed by atoms with van der Waals surface area (Å²) in [4.78, 5) is 4.08. The summed E-state index contributed by atoms with van der Waals surface area (Å²) in [5, 5.41) is 0. The van der Waals surface area contributed by atoms with Gasteiger partial charge in [0.2, 0.25) is 0 Å². The normalized spacial score (nSPS) is 14.6. The molecule has 2 nitrogen and oxygen atoms in total. The van der Waals surface area contributed by atoms with Gasteiger partial charge in [0.05, 0.1) is 0 Å². The van der Waals surface area contributed by atoms with Gasteiger partial charge >= 0.3 is 33.0 Å². The number of rotatable bonds is 1. The molecule has 2 heterocycles. The van der Waals surface area contributed by atoms with Crippen LogP contribution in [0.3, 0.4) is 0 Å². The van der Waals surface area contributed by atoms with Gasteiger partial charge in [-0.05, 0) is 12.1 Å². The minimum atomic E-state index is -10.7. The van der Waals surface area contributed by atoms with Gasteiger partial charge in [-0.3, -0.25) is 4.98 Å². The zero-order valence-electron chi connectivity index (χ0n) is 10.2. The summed E-state index contributed by atoms with van der Waals surface area (Å²) < 4.78 is 61.2. The fourth-order valence-corrected chi connectivity index (χ4v) is 1.29. The Hall–Kier alpha value is -1.69. The Morgan fingerprint density at radius 1 is 0.950 bits per heavy atom. The van der Waals surface area contributed by atoms with Crippen LogP contribution >= 0.6 is 7.81 Å². The Morgan fingerprint density at radius 2 is 1.50 bits per heavy atom. The van der Waals surface area contributed by atoms with Crippen LogP contribution in [0.4, 0.5) is 25.2 Å². The summed E-state index contributed by atoms with van der Waals surface area (Å²) >= 11 is 0. The van der Waals surface area contributed by atoms with Crippen molar-refractivity contribution in [3.05, 3.63) is 49.1 Å². The quantitative estimate of drug-likeness (QED) is 0.413. The number of aromatic nitrogens is 2. The summed E-state index contributed by atoms with van der Waals surface area (Å²) in [7, 11) is -8.64. The molecule has 0 bridgehead atoms. The van der Waals surface area contributed by atoms with Gasteiger partial charge in [0.25, 0.3) is 0 Å². The van der Waals surface area contributed by atoms with Crippen molar-refractivity contribution in [1.82, 2.24) is 4.98 Å². The van der Waals surface area contributed by atoms with Gasteiger partial charge in [-0.25, -0.2) is 4.57 Å². The van der Waals surface area contributed by atoms with Gasteiger partial charge in [0, 0.05) is 29.6 Å². The second-order valence-corrected chi connectivity index (χ2v) is 5.87. The van der Waals surface area contributed by atoms with E-state index < -0.39 is 7.81 Å². The summed E-state index contributed by atoms with van der Waals surface area (Å²) in [6, 6.07) is 8.12. The monoisotopic (exact) mass is 316 g/mol. The van der Waals surface area contributed by atoms with Gasteiger partial charge in [0.15, 0.2) is 12.4 Å². The first kappa shape index (κ1) is 16.4. The van der Waals surface area contributed by atoms with Crippen molar-refractivity contribution in [3.8, 4) is 11.1 Å². The van der Waals surface area contributed by atoms with Crippen molar-refractivity contribution in [2.75, 3.05) is 0 Å².